The van der Waals surface area contributed by atoms with E-state index in [9.17, 15) is 9.50 Å². The highest BCUT2D eigenvalue weighted by Crippen LogP contribution is 2.35. The van der Waals surface area contributed by atoms with Gasteiger partial charge in [0.05, 0.1) is 25.5 Å². The maximum Gasteiger partial charge on any atom is 0.184 e. The maximum absolute atomic E-state index is 14.6. The fraction of sp³-hybridized carbons (Fsp3) is 0.346. The molecule has 0 spiro atoms. The molecule has 0 bridgehead atoms. The van der Waals surface area contributed by atoms with Crippen molar-refractivity contribution in [2.45, 2.75) is 55.3 Å². The van der Waals surface area contributed by atoms with Crippen molar-refractivity contribution < 1.29 is 23.7 Å². The lowest BCUT2D eigenvalue weighted by Gasteiger charge is -2.37. The molecule has 4 aromatic rings. The minimum atomic E-state index is -1.05. The van der Waals surface area contributed by atoms with Gasteiger partial charge in [0.15, 0.2) is 6.29 Å². The first-order valence-electron chi connectivity index (χ1n) is 12.0. The van der Waals surface area contributed by atoms with Crippen molar-refractivity contribution in [3.63, 3.8) is 0 Å². The lowest BCUT2D eigenvalue weighted by Crippen LogP contribution is -2.44. The summed E-state index contributed by atoms with van der Waals surface area (Å²) in [7, 11) is 0. The van der Waals surface area contributed by atoms with Gasteiger partial charge in [0.1, 0.15) is 34.2 Å². The van der Waals surface area contributed by atoms with E-state index in [0.717, 1.165) is 32.5 Å². The predicted molar refractivity (Wildman–Crippen MR) is 146 cm³/mol. The number of aliphatic hydroxyl groups is 1. The molecule has 200 valence electrons. The number of thiazole rings is 1. The standard InChI is InChI=1S/C26H26BrFN4O4S2/c1-15-14-37-24(29-15)20-11-32(31-30-20)12-21(33)26(38-23-10-18(27)8-9-19(23)28)36-22-13-34-25(35-16(22)2)17-6-4-3-5-7-17/h3-11,14,16,21-22,25-26,33H,12-13H2,1-2H3/t16-,21+,22?,25?,26?/m1/s1. The van der Waals surface area contributed by atoms with Crippen molar-refractivity contribution in [2.75, 3.05) is 6.61 Å². The van der Waals surface area contributed by atoms with Crippen LogP contribution in [0.4, 0.5) is 4.39 Å². The Morgan fingerprint density at radius 2 is 2.11 bits per heavy atom. The number of nitrogens with zero attached hydrogens (tertiary/aromatic N) is 4. The molecule has 1 aliphatic heterocycles. The SMILES string of the molecule is Cc1csc(-c2cn(C[C@H](O)C(OC3COC(c4ccccc4)O[C@@H]3C)Sc3cc(Br)ccc3F)nn2)n1. The summed E-state index contributed by atoms with van der Waals surface area (Å²) in [5.41, 5.74) is 1.59. The van der Waals surface area contributed by atoms with Gasteiger partial charge in [-0.3, -0.25) is 0 Å². The zero-order chi connectivity index (χ0) is 26.6. The van der Waals surface area contributed by atoms with E-state index in [2.05, 4.69) is 31.2 Å². The Kier molecular flexibility index (Phi) is 8.88. The number of aliphatic hydroxyl groups excluding tert-OH is 1. The Bertz CT molecular complexity index is 1360. The predicted octanol–water partition coefficient (Wildman–Crippen LogP) is 5.61. The maximum atomic E-state index is 14.6. The topological polar surface area (TPSA) is 91.5 Å². The Morgan fingerprint density at radius 3 is 2.84 bits per heavy atom. The van der Waals surface area contributed by atoms with Gasteiger partial charge in [0.2, 0.25) is 0 Å². The minimum Gasteiger partial charge on any atom is -0.388 e. The van der Waals surface area contributed by atoms with Gasteiger partial charge in [-0.05, 0) is 32.0 Å². The first kappa shape index (κ1) is 27.4. The summed E-state index contributed by atoms with van der Waals surface area (Å²) in [6.07, 6.45) is -0.648. The van der Waals surface area contributed by atoms with Crippen LogP contribution < -0.4 is 0 Å². The van der Waals surface area contributed by atoms with Gasteiger partial charge in [-0.2, -0.15) is 0 Å². The molecule has 38 heavy (non-hydrogen) atoms. The van der Waals surface area contributed by atoms with E-state index in [-0.39, 0.29) is 19.3 Å². The van der Waals surface area contributed by atoms with Crippen LogP contribution in [0.1, 0.15) is 24.5 Å². The number of rotatable bonds is 9. The number of hydrogen-bond donors (Lipinski definition) is 1. The monoisotopic (exact) mass is 620 g/mol. The molecule has 0 saturated carbocycles. The normalized spacial score (nSPS) is 21.3. The molecule has 3 heterocycles. The molecular formula is C26H26BrFN4O4S2. The van der Waals surface area contributed by atoms with Crippen LogP contribution in [0.25, 0.3) is 10.7 Å². The molecule has 1 saturated heterocycles. The van der Waals surface area contributed by atoms with E-state index in [0.29, 0.717) is 10.6 Å². The van der Waals surface area contributed by atoms with Gasteiger partial charge in [-0.1, -0.05) is 63.2 Å². The van der Waals surface area contributed by atoms with Gasteiger partial charge in [0, 0.05) is 26.0 Å². The highest BCUT2D eigenvalue weighted by molar-refractivity contribution is 9.10. The number of halogens is 2. The van der Waals surface area contributed by atoms with Crippen molar-refractivity contribution in [2.24, 2.45) is 0 Å². The molecule has 0 amide bonds. The molecule has 0 aliphatic carbocycles. The summed E-state index contributed by atoms with van der Waals surface area (Å²) in [5, 5.41) is 22.3. The molecule has 3 unspecified atom stereocenters. The van der Waals surface area contributed by atoms with Crippen LogP contribution in [0.15, 0.2) is 69.5 Å². The number of hydrogen-bond acceptors (Lipinski definition) is 9. The van der Waals surface area contributed by atoms with Gasteiger partial charge >= 0.3 is 0 Å². The van der Waals surface area contributed by atoms with Crippen molar-refractivity contribution >= 4 is 39.0 Å². The molecule has 8 nitrogen and oxygen atoms in total. The zero-order valence-electron chi connectivity index (χ0n) is 20.6. The summed E-state index contributed by atoms with van der Waals surface area (Å²) < 4.78 is 35.2. The Labute approximate surface area is 236 Å². The molecular weight excluding hydrogens is 595 g/mol. The van der Waals surface area contributed by atoms with E-state index in [1.54, 1.807) is 18.3 Å². The Morgan fingerprint density at radius 1 is 1.29 bits per heavy atom. The fourth-order valence-corrected chi connectivity index (χ4v) is 6.20. The van der Waals surface area contributed by atoms with Crippen LogP contribution in [0.2, 0.25) is 0 Å². The van der Waals surface area contributed by atoms with Crippen molar-refractivity contribution in [1.29, 1.82) is 0 Å². The quantitative estimate of drug-likeness (QED) is 0.191. The molecule has 5 atom stereocenters. The number of aryl methyl sites for hydroxylation is 1. The second-order valence-electron chi connectivity index (χ2n) is 8.84. The average Bonchev–Trinajstić information content (AvgIpc) is 3.56. The molecule has 1 fully saturated rings. The van der Waals surface area contributed by atoms with Gasteiger partial charge in [0.25, 0.3) is 0 Å². The third-order valence-electron chi connectivity index (χ3n) is 5.86. The van der Waals surface area contributed by atoms with Crippen LogP contribution in [0.3, 0.4) is 0 Å². The van der Waals surface area contributed by atoms with E-state index >= 15 is 0 Å². The van der Waals surface area contributed by atoms with Crippen LogP contribution in [0, 0.1) is 12.7 Å². The molecule has 2 aromatic carbocycles. The highest BCUT2D eigenvalue weighted by atomic mass is 79.9. The molecule has 2 aromatic heterocycles. The van der Waals surface area contributed by atoms with Crippen LogP contribution >= 0.6 is 39.0 Å². The van der Waals surface area contributed by atoms with Gasteiger partial charge in [-0.15, -0.1) is 16.4 Å². The number of benzene rings is 2. The minimum absolute atomic E-state index is 0.0834. The summed E-state index contributed by atoms with van der Waals surface area (Å²) in [6, 6.07) is 14.3. The average molecular weight is 622 g/mol. The lowest BCUT2D eigenvalue weighted by molar-refractivity contribution is -0.266. The third-order valence-corrected chi connectivity index (χ3v) is 8.56. The first-order valence-corrected chi connectivity index (χ1v) is 14.5. The van der Waals surface area contributed by atoms with Crippen molar-refractivity contribution in [3.05, 3.63) is 81.7 Å². The largest absolute Gasteiger partial charge is 0.388 e. The highest BCUT2D eigenvalue weighted by Gasteiger charge is 2.35. The second kappa shape index (κ2) is 12.3. The summed E-state index contributed by atoms with van der Waals surface area (Å²) in [5.74, 6) is -0.408. The number of ether oxygens (including phenoxy) is 3. The fourth-order valence-electron chi connectivity index (χ4n) is 3.87. The Balaban J connectivity index is 1.31. The van der Waals surface area contributed by atoms with E-state index in [1.807, 2.05) is 49.6 Å². The number of aromatic nitrogens is 4. The van der Waals surface area contributed by atoms with Crippen LogP contribution in [0.5, 0.6) is 0 Å². The molecule has 1 aliphatic rings. The van der Waals surface area contributed by atoms with Crippen LogP contribution in [-0.4, -0.2) is 55.4 Å². The van der Waals surface area contributed by atoms with Gasteiger partial charge < -0.3 is 19.3 Å². The van der Waals surface area contributed by atoms with E-state index < -0.39 is 29.8 Å². The summed E-state index contributed by atoms with van der Waals surface area (Å²) in [4.78, 5) is 4.77. The smallest absolute Gasteiger partial charge is 0.184 e. The molecule has 1 N–H and O–H groups in total. The molecule has 5 rings (SSSR count). The molecule has 0 radical (unpaired) electrons. The summed E-state index contributed by atoms with van der Waals surface area (Å²) in [6.45, 7) is 4.15. The lowest BCUT2D eigenvalue weighted by atomic mass is 10.1. The Hall–Kier alpha value is -2.19. The summed E-state index contributed by atoms with van der Waals surface area (Å²) >= 11 is 5.96. The second-order valence-corrected chi connectivity index (χ2v) is 11.8. The van der Waals surface area contributed by atoms with Crippen LogP contribution in [-0.2, 0) is 20.8 Å². The van der Waals surface area contributed by atoms with Crippen molar-refractivity contribution in [1.82, 2.24) is 20.0 Å². The first-order chi connectivity index (χ1) is 18.4. The zero-order valence-corrected chi connectivity index (χ0v) is 23.8. The third kappa shape index (κ3) is 6.68. The number of thioether (sulfide) groups is 1. The van der Waals surface area contributed by atoms with E-state index in [1.165, 1.54) is 22.1 Å². The van der Waals surface area contributed by atoms with Crippen molar-refractivity contribution in [3.8, 4) is 10.7 Å². The van der Waals surface area contributed by atoms with E-state index in [4.69, 9.17) is 14.2 Å². The van der Waals surface area contributed by atoms with Gasteiger partial charge in [-0.25, -0.2) is 14.1 Å². The molecule has 12 heteroatoms.